The lowest BCUT2D eigenvalue weighted by molar-refractivity contribution is 0.273. The molecule has 0 aromatic heterocycles. The molecule has 0 radical (unpaired) electrons. The lowest BCUT2D eigenvalue weighted by Crippen LogP contribution is -2.05. The van der Waals surface area contributed by atoms with Crippen LogP contribution in [-0.2, 0) is 10.1 Å². The second-order valence-corrected chi connectivity index (χ2v) is 10.3. The Morgan fingerprint density at radius 1 is 0.818 bits per heavy atom. The minimum Gasteiger partial charge on any atom is -0.493 e. The molecule has 3 aromatic carbocycles. The van der Waals surface area contributed by atoms with Gasteiger partial charge in [-0.05, 0) is 83.8 Å². The highest BCUT2D eigenvalue weighted by molar-refractivity contribution is 7.86. The van der Waals surface area contributed by atoms with Crippen molar-refractivity contribution in [1.29, 1.82) is 0 Å². The van der Waals surface area contributed by atoms with Gasteiger partial charge in [-0.3, -0.25) is 0 Å². The summed E-state index contributed by atoms with van der Waals surface area (Å²) in [6.45, 7) is 9.17. The minimum atomic E-state index is -3.54. The van der Waals surface area contributed by atoms with Crippen molar-refractivity contribution in [1.82, 2.24) is 0 Å². The Morgan fingerprint density at radius 2 is 1.39 bits per heavy atom. The van der Waals surface area contributed by atoms with Gasteiger partial charge in [0.25, 0.3) is 0 Å². The third-order valence-corrected chi connectivity index (χ3v) is 5.91. The molecule has 0 spiro atoms. The van der Waals surface area contributed by atoms with Crippen molar-refractivity contribution in [2.45, 2.75) is 34.1 Å². The van der Waals surface area contributed by atoms with E-state index >= 15 is 0 Å². The van der Waals surface area contributed by atoms with Gasteiger partial charge in [0.05, 0.1) is 20.0 Å². The third kappa shape index (κ3) is 6.51. The van der Waals surface area contributed by atoms with Crippen LogP contribution in [0.15, 0.2) is 54.6 Å². The lowest BCUT2D eigenvalue weighted by atomic mass is 9.92. The number of benzene rings is 3. The van der Waals surface area contributed by atoms with E-state index in [2.05, 4.69) is 45.9 Å². The molecule has 5 nitrogen and oxygen atoms in total. The summed E-state index contributed by atoms with van der Waals surface area (Å²) in [7, 11) is -1.88. The van der Waals surface area contributed by atoms with E-state index in [9.17, 15) is 8.42 Å². The molecule has 0 aliphatic rings. The molecule has 0 heterocycles. The van der Waals surface area contributed by atoms with Crippen LogP contribution in [0.5, 0.6) is 17.2 Å². The van der Waals surface area contributed by atoms with Crippen molar-refractivity contribution in [2.75, 3.05) is 20.0 Å². The summed E-state index contributed by atoms with van der Waals surface area (Å²) in [6.07, 6.45) is 2.03. The highest BCUT2D eigenvalue weighted by atomic mass is 32.2. The average Bonchev–Trinajstić information content (AvgIpc) is 2.74. The molecule has 3 rings (SSSR count). The molecule has 0 saturated carbocycles. The quantitative estimate of drug-likeness (QED) is 0.340. The largest absolute Gasteiger partial charge is 0.493 e. The highest BCUT2D eigenvalue weighted by Crippen LogP contribution is 2.37. The van der Waals surface area contributed by atoms with Gasteiger partial charge in [0.2, 0.25) is 0 Å². The van der Waals surface area contributed by atoms with Crippen LogP contribution in [0.2, 0.25) is 0 Å². The van der Waals surface area contributed by atoms with Gasteiger partial charge >= 0.3 is 10.1 Å². The van der Waals surface area contributed by atoms with Gasteiger partial charge in [-0.1, -0.05) is 44.2 Å². The van der Waals surface area contributed by atoms with Crippen LogP contribution in [0.4, 0.5) is 0 Å². The van der Waals surface area contributed by atoms with E-state index in [1.165, 1.54) is 0 Å². The number of aryl methyl sites for hydroxylation is 2. The first-order valence-electron chi connectivity index (χ1n) is 11.0. The van der Waals surface area contributed by atoms with Crippen LogP contribution in [0.1, 0.15) is 31.4 Å². The first kappa shape index (κ1) is 24.6. The Labute approximate surface area is 197 Å². The van der Waals surface area contributed by atoms with E-state index in [-0.39, 0.29) is 0 Å². The van der Waals surface area contributed by atoms with Crippen molar-refractivity contribution in [3.05, 3.63) is 65.7 Å². The summed E-state index contributed by atoms with van der Waals surface area (Å²) in [4.78, 5) is 0. The second-order valence-electron chi connectivity index (χ2n) is 8.69. The van der Waals surface area contributed by atoms with Crippen LogP contribution >= 0.6 is 0 Å². The highest BCUT2D eigenvalue weighted by Gasteiger charge is 2.13. The van der Waals surface area contributed by atoms with E-state index < -0.39 is 10.1 Å². The molecule has 0 saturated heterocycles. The maximum Gasteiger partial charge on any atom is 0.306 e. The molecule has 0 aliphatic carbocycles. The number of hydrogen-bond acceptors (Lipinski definition) is 5. The predicted molar refractivity (Wildman–Crippen MR) is 134 cm³/mol. The van der Waals surface area contributed by atoms with Crippen molar-refractivity contribution in [3.63, 3.8) is 0 Å². The topological polar surface area (TPSA) is 61.8 Å². The second kappa shape index (κ2) is 10.3. The van der Waals surface area contributed by atoms with E-state index in [1.54, 1.807) is 19.2 Å². The molecule has 0 aliphatic heterocycles. The van der Waals surface area contributed by atoms with Crippen LogP contribution in [0.3, 0.4) is 0 Å². The average molecular weight is 469 g/mol. The van der Waals surface area contributed by atoms with Crippen molar-refractivity contribution in [2.24, 2.45) is 5.92 Å². The smallest absolute Gasteiger partial charge is 0.306 e. The molecule has 0 bridgehead atoms. The molecule has 176 valence electrons. The number of methoxy groups -OCH3 is 1. The molecule has 33 heavy (non-hydrogen) atoms. The Morgan fingerprint density at radius 3 is 1.94 bits per heavy atom. The summed E-state index contributed by atoms with van der Waals surface area (Å²) >= 11 is 0. The van der Waals surface area contributed by atoms with E-state index in [4.69, 9.17) is 13.7 Å². The fourth-order valence-corrected chi connectivity index (χ4v) is 4.12. The lowest BCUT2D eigenvalue weighted by Gasteiger charge is -2.16. The molecular formula is C27H32O5S. The number of ether oxygens (including phenoxy) is 2. The predicted octanol–water partition coefficient (Wildman–Crippen LogP) is 6.41. The van der Waals surface area contributed by atoms with Gasteiger partial charge in [0.15, 0.2) is 11.5 Å². The van der Waals surface area contributed by atoms with Crippen molar-refractivity contribution >= 4 is 10.1 Å². The molecule has 6 heteroatoms. The summed E-state index contributed by atoms with van der Waals surface area (Å²) in [5, 5.41) is 0. The van der Waals surface area contributed by atoms with Gasteiger partial charge in [-0.15, -0.1) is 0 Å². The van der Waals surface area contributed by atoms with E-state index in [0.717, 1.165) is 57.6 Å². The first-order valence-corrected chi connectivity index (χ1v) is 12.8. The van der Waals surface area contributed by atoms with E-state index in [1.807, 2.05) is 24.3 Å². The van der Waals surface area contributed by atoms with Gasteiger partial charge in [0, 0.05) is 0 Å². The van der Waals surface area contributed by atoms with Crippen LogP contribution in [0, 0.1) is 19.8 Å². The SMILES string of the molecule is COc1cc(-c2cc(C)c(-c3ccc(OS(C)(=O)=O)cc3)cc2C)ccc1OCCC(C)C. The molecule has 0 amide bonds. The zero-order valence-corrected chi connectivity index (χ0v) is 21.0. The van der Waals surface area contributed by atoms with Gasteiger partial charge in [-0.25, -0.2) is 0 Å². The standard InChI is InChI=1S/C27H32O5S/c1-18(2)13-14-31-26-12-9-22(17-27(26)30-5)25-16-19(3)24(15-20(25)4)21-7-10-23(11-8-21)32-33(6,28)29/h7-12,15-18H,13-14H2,1-6H3. The molecule has 3 aromatic rings. The third-order valence-electron chi connectivity index (χ3n) is 5.41. The normalized spacial score (nSPS) is 11.5. The Hall–Kier alpha value is -2.99. The molecule has 0 fully saturated rings. The summed E-state index contributed by atoms with van der Waals surface area (Å²) in [6, 6.07) is 17.4. The number of rotatable bonds is 9. The minimum absolute atomic E-state index is 0.301. The Kier molecular flexibility index (Phi) is 7.69. The maximum atomic E-state index is 11.3. The zero-order chi connectivity index (χ0) is 24.2. The maximum absolute atomic E-state index is 11.3. The summed E-state index contributed by atoms with van der Waals surface area (Å²) in [5.74, 6) is 2.36. The molecule has 0 N–H and O–H groups in total. The first-order chi connectivity index (χ1) is 15.6. The molecular weight excluding hydrogens is 436 g/mol. The molecule has 0 atom stereocenters. The van der Waals surface area contributed by atoms with Gasteiger partial charge in [-0.2, -0.15) is 8.42 Å². The monoisotopic (exact) mass is 468 g/mol. The van der Waals surface area contributed by atoms with Gasteiger partial charge in [0.1, 0.15) is 5.75 Å². The van der Waals surface area contributed by atoms with E-state index in [0.29, 0.717) is 18.3 Å². The van der Waals surface area contributed by atoms with Crippen molar-refractivity contribution < 1.29 is 22.1 Å². The zero-order valence-electron chi connectivity index (χ0n) is 20.1. The van der Waals surface area contributed by atoms with Crippen molar-refractivity contribution in [3.8, 4) is 39.5 Å². The number of hydrogen-bond donors (Lipinski definition) is 0. The fraction of sp³-hybridized carbons (Fsp3) is 0.333. The van der Waals surface area contributed by atoms with Crippen LogP contribution in [0.25, 0.3) is 22.3 Å². The summed E-state index contributed by atoms with van der Waals surface area (Å²) in [5.41, 5.74) is 6.51. The molecule has 0 unspecified atom stereocenters. The fourth-order valence-electron chi connectivity index (χ4n) is 3.66. The van der Waals surface area contributed by atoms with Gasteiger partial charge < -0.3 is 13.7 Å². The van der Waals surface area contributed by atoms with Crippen LogP contribution < -0.4 is 13.7 Å². The summed E-state index contributed by atoms with van der Waals surface area (Å²) < 4.78 is 39.1. The van der Waals surface area contributed by atoms with Crippen LogP contribution in [-0.4, -0.2) is 28.4 Å². The Balaban J connectivity index is 1.88. The Bertz CT molecular complexity index is 1210.